The molecule has 0 bridgehead atoms. The van der Waals surface area contributed by atoms with Crippen LogP contribution in [0.25, 0.3) is 0 Å². The van der Waals surface area contributed by atoms with Crippen molar-refractivity contribution in [3.8, 4) is 0 Å². The smallest absolute Gasteiger partial charge is 0.311 e. The van der Waals surface area contributed by atoms with Gasteiger partial charge >= 0.3 is 6.18 Å². The third-order valence-electron chi connectivity index (χ3n) is 3.14. The van der Waals surface area contributed by atoms with Gasteiger partial charge in [-0.2, -0.15) is 13.2 Å². The molecule has 0 unspecified atom stereocenters. The van der Waals surface area contributed by atoms with Gasteiger partial charge in [-0.05, 0) is 20.4 Å². The van der Waals surface area contributed by atoms with E-state index >= 15 is 0 Å². The first-order chi connectivity index (χ1) is 8.22. The Labute approximate surface area is 107 Å². The van der Waals surface area contributed by atoms with Crippen molar-refractivity contribution in [1.29, 1.82) is 0 Å². The Morgan fingerprint density at radius 1 is 0.944 bits per heavy atom. The van der Waals surface area contributed by atoms with Crippen LogP contribution in [0.4, 0.5) is 13.2 Å². The summed E-state index contributed by atoms with van der Waals surface area (Å²) in [6.45, 7) is 9.73. The van der Waals surface area contributed by atoms with E-state index in [0.29, 0.717) is 26.2 Å². The molecule has 0 aliphatic carbocycles. The number of rotatable bonds is 5. The fourth-order valence-corrected chi connectivity index (χ4v) is 2.45. The zero-order valence-corrected chi connectivity index (χ0v) is 11.5. The average Bonchev–Trinajstić information content (AvgIpc) is 2.18. The van der Waals surface area contributed by atoms with Crippen molar-refractivity contribution in [2.24, 2.45) is 0 Å². The summed E-state index contributed by atoms with van der Waals surface area (Å²) in [4.78, 5) is 3.71. The molecule has 0 amide bonds. The molecule has 1 rings (SSSR count). The summed E-state index contributed by atoms with van der Waals surface area (Å²) in [5, 5.41) is 3.38. The van der Waals surface area contributed by atoms with Crippen molar-refractivity contribution in [3.63, 3.8) is 0 Å². The molecule has 6 heteroatoms. The van der Waals surface area contributed by atoms with Crippen molar-refractivity contribution in [1.82, 2.24) is 15.1 Å². The Kier molecular flexibility index (Phi) is 5.43. The maximum Gasteiger partial charge on any atom is 0.401 e. The van der Waals surface area contributed by atoms with Crippen LogP contribution < -0.4 is 5.32 Å². The van der Waals surface area contributed by atoms with Crippen LogP contribution in [-0.2, 0) is 0 Å². The lowest BCUT2D eigenvalue weighted by Crippen LogP contribution is -2.55. The maximum absolute atomic E-state index is 12.2. The minimum absolute atomic E-state index is 0.0148. The Balaban J connectivity index is 2.31. The summed E-state index contributed by atoms with van der Waals surface area (Å²) in [5.74, 6) is 0. The highest BCUT2D eigenvalue weighted by molar-refractivity contribution is 4.84. The molecule has 0 atom stereocenters. The third-order valence-corrected chi connectivity index (χ3v) is 3.14. The van der Waals surface area contributed by atoms with E-state index in [-0.39, 0.29) is 5.54 Å². The van der Waals surface area contributed by atoms with Gasteiger partial charge in [0.15, 0.2) is 0 Å². The highest BCUT2D eigenvalue weighted by atomic mass is 19.4. The predicted molar refractivity (Wildman–Crippen MR) is 66.7 cm³/mol. The lowest BCUT2D eigenvalue weighted by Gasteiger charge is -2.39. The van der Waals surface area contributed by atoms with Gasteiger partial charge < -0.3 is 5.32 Å². The second-order valence-electron chi connectivity index (χ2n) is 5.58. The molecule has 0 aromatic carbocycles. The van der Waals surface area contributed by atoms with Gasteiger partial charge in [0.2, 0.25) is 0 Å². The van der Waals surface area contributed by atoms with E-state index in [4.69, 9.17) is 0 Å². The van der Waals surface area contributed by atoms with Crippen molar-refractivity contribution >= 4 is 0 Å². The van der Waals surface area contributed by atoms with E-state index in [1.54, 1.807) is 0 Å². The molecular weight excluding hydrogens is 243 g/mol. The van der Waals surface area contributed by atoms with E-state index in [2.05, 4.69) is 31.0 Å². The number of piperazine rings is 1. The number of nitrogens with zero attached hydrogens (tertiary/aromatic N) is 2. The summed E-state index contributed by atoms with van der Waals surface area (Å²) in [7, 11) is 0. The normalized spacial score (nSPS) is 20.3. The second-order valence-corrected chi connectivity index (χ2v) is 5.58. The highest BCUT2D eigenvalue weighted by Crippen LogP contribution is 2.18. The number of halogens is 3. The van der Waals surface area contributed by atoms with Gasteiger partial charge in [0.1, 0.15) is 0 Å². The van der Waals surface area contributed by atoms with E-state index < -0.39 is 12.7 Å². The Morgan fingerprint density at radius 2 is 1.39 bits per heavy atom. The predicted octanol–water partition coefficient (Wildman–Crippen LogP) is 1.55. The van der Waals surface area contributed by atoms with Gasteiger partial charge in [-0.1, -0.05) is 6.92 Å². The van der Waals surface area contributed by atoms with Crippen LogP contribution in [0, 0.1) is 0 Å². The number of likely N-dealkylation sites (N-methyl/N-ethyl adjacent to an activating group) is 1. The van der Waals surface area contributed by atoms with Crippen LogP contribution >= 0.6 is 0 Å². The topological polar surface area (TPSA) is 18.5 Å². The van der Waals surface area contributed by atoms with Crippen LogP contribution in [0.15, 0.2) is 0 Å². The first-order valence-corrected chi connectivity index (χ1v) is 6.48. The van der Waals surface area contributed by atoms with Crippen LogP contribution in [0.1, 0.15) is 20.8 Å². The number of nitrogens with one attached hydrogen (secondary N) is 1. The molecule has 18 heavy (non-hydrogen) atoms. The van der Waals surface area contributed by atoms with Crippen LogP contribution in [0.2, 0.25) is 0 Å². The summed E-state index contributed by atoms with van der Waals surface area (Å²) < 4.78 is 36.7. The standard InChI is InChI=1S/C12H24F3N3/c1-4-16-11(2,3)9-17-5-7-18(8-6-17)10-12(13,14)15/h16H,4-10H2,1-3H3. The molecule has 1 aliphatic heterocycles. The van der Waals surface area contributed by atoms with Crippen LogP contribution in [0.5, 0.6) is 0 Å². The molecule has 1 saturated heterocycles. The molecule has 0 aromatic rings. The first kappa shape index (κ1) is 15.7. The molecule has 1 aliphatic rings. The average molecular weight is 267 g/mol. The maximum atomic E-state index is 12.2. The molecule has 0 saturated carbocycles. The summed E-state index contributed by atoms with van der Waals surface area (Å²) >= 11 is 0. The molecular formula is C12H24F3N3. The zero-order valence-electron chi connectivity index (χ0n) is 11.5. The SMILES string of the molecule is CCNC(C)(C)CN1CCN(CC(F)(F)F)CC1. The number of hydrogen-bond donors (Lipinski definition) is 1. The lowest BCUT2D eigenvalue weighted by molar-refractivity contribution is -0.149. The van der Waals surface area contributed by atoms with Crippen molar-refractivity contribution in [3.05, 3.63) is 0 Å². The summed E-state index contributed by atoms with van der Waals surface area (Å²) in [6, 6.07) is 0. The van der Waals surface area contributed by atoms with Crippen LogP contribution in [0.3, 0.4) is 0 Å². The zero-order chi connectivity index (χ0) is 13.8. The van der Waals surface area contributed by atoms with Gasteiger partial charge in [-0.15, -0.1) is 0 Å². The third kappa shape index (κ3) is 6.02. The van der Waals surface area contributed by atoms with Gasteiger partial charge in [-0.3, -0.25) is 9.80 Å². The minimum atomic E-state index is -4.08. The number of hydrogen-bond acceptors (Lipinski definition) is 3. The van der Waals surface area contributed by atoms with E-state index in [9.17, 15) is 13.2 Å². The quantitative estimate of drug-likeness (QED) is 0.815. The molecule has 0 aromatic heterocycles. The fraction of sp³-hybridized carbons (Fsp3) is 1.00. The number of alkyl halides is 3. The molecule has 1 N–H and O–H groups in total. The monoisotopic (exact) mass is 267 g/mol. The second kappa shape index (κ2) is 6.21. The van der Waals surface area contributed by atoms with E-state index in [1.807, 2.05) is 0 Å². The fourth-order valence-electron chi connectivity index (χ4n) is 2.45. The van der Waals surface area contributed by atoms with Crippen molar-refractivity contribution in [2.45, 2.75) is 32.5 Å². The highest BCUT2D eigenvalue weighted by Gasteiger charge is 2.32. The summed E-state index contributed by atoms with van der Waals surface area (Å²) in [5.41, 5.74) is 0.0148. The lowest BCUT2D eigenvalue weighted by atomic mass is 10.0. The Bertz CT molecular complexity index is 245. The van der Waals surface area contributed by atoms with Gasteiger partial charge in [0.05, 0.1) is 6.54 Å². The molecule has 108 valence electrons. The molecule has 3 nitrogen and oxygen atoms in total. The first-order valence-electron chi connectivity index (χ1n) is 6.48. The van der Waals surface area contributed by atoms with Crippen molar-refractivity contribution in [2.75, 3.05) is 45.8 Å². The van der Waals surface area contributed by atoms with Crippen molar-refractivity contribution < 1.29 is 13.2 Å². The van der Waals surface area contributed by atoms with E-state index in [1.165, 1.54) is 4.90 Å². The molecule has 1 fully saturated rings. The molecule has 1 heterocycles. The van der Waals surface area contributed by atoms with E-state index in [0.717, 1.165) is 13.1 Å². The Morgan fingerprint density at radius 3 is 1.78 bits per heavy atom. The largest absolute Gasteiger partial charge is 0.401 e. The summed E-state index contributed by atoms with van der Waals surface area (Å²) in [6.07, 6.45) is -4.08. The Hall–Kier alpha value is -0.330. The minimum Gasteiger partial charge on any atom is -0.311 e. The van der Waals surface area contributed by atoms with Crippen LogP contribution in [-0.4, -0.2) is 67.3 Å². The van der Waals surface area contributed by atoms with Gasteiger partial charge in [0.25, 0.3) is 0 Å². The molecule has 0 radical (unpaired) electrons. The molecule has 0 spiro atoms. The van der Waals surface area contributed by atoms with Gasteiger partial charge in [0, 0.05) is 38.3 Å². The van der Waals surface area contributed by atoms with Gasteiger partial charge in [-0.25, -0.2) is 0 Å².